The molecule has 1 saturated heterocycles. The summed E-state index contributed by atoms with van der Waals surface area (Å²) >= 11 is 0. The summed E-state index contributed by atoms with van der Waals surface area (Å²) in [6.45, 7) is 18.9. The molecule has 1 aliphatic rings. The number of hydrogen-bond donors (Lipinski definition) is 5. The van der Waals surface area contributed by atoms with Gasteiger partial charge in [-0.2, -0.15) is 0 Å². The predicted octanol–water partition coefficient (Wildman–Crippen LogP) is 5.96. The Balaban J connectivity index is 1.65. The highest BCUT2D eigenvalue weighted by Crippen LogP contribution is 2.34. The maximum absolute atomic E-state index is 14.2. The number of carbonyl (C=O) groups excluding carboxylic acids is 5. The summed E-state index contributed by atoms with van der Waals surface area (Å²) in [5, 5.41) is 16.0. The maximum Gasteiger partial charge on any atom is 0.303 e. The van der Waals surface area contributed by atoms with Gasteiger partial charge in [0.1, 0.15) is 6.04 Å². The van der Waals surface area contributed by atoms with Crippen molar-refractivity contribution < 1.29 is 38.6 Å². The number of ketones is 1. The molecule has 14 heteroatoms. The molecule has 0 saturated carbocycles. The first-order chi connectivity index (χ1) is 29.2. The van der Waals surface area contributed by atoms with E-state index in [9.17, 15) is 28.8 Å². The number of ether oxygens (including phenoxy) is 1. The standard InChI is InChI=1S/C48H78N6O8/c1-12-30(6)35(22-21-31(7)44(58)42(28(2)3)52-48(61)43(29(4)5)53(10)23-16-20-41(56)57)32(8)25-40(55)54-24-15-19-39(54)45(62-11)33(9)47(60)51-38(46(49)59)26-34-27-50-37-18-14-13-17-36(34)37/h13-14,17-18,27-33,35,38-39,42-43,45,50H,12,15-16,19-26H2,1-11H3,(H2,49,59)(H,51,60)(H,52,61)(H,56,57)/t30-,31?,32+,33+,35-,38-,39-,42-,43?,45+/m0/s1. The number of Topliss-reactive ketones (excluding diaryl/α,β-unsaturated/α-hetero) is 1. The lowest BCUT2D eigenvalue weighted by Crippen LogP contribution is -2.55. The van der Waals surface area contributed by atoms with Crippen molar-refractivity contribution in [1.29, 1.82) is 0 Å². The smallest absolute Gasteiger partial charge is 0.303 e. The Morgan fingerprint density at radius 3 is 2.23 bits per heavy atom. The van der Waals surface area contributed by atoms with Crippen molar-refractivity contribution >= 4 is 46.3 Å². The van der Waals surface area contributed by atoms with E-state index in [1.165, 1.54) is 0 Å². The van der Waals surface area contributed by atoms with E-state index in [1.54, 1.807) is 14.0 Å². The molecule has 0 bridgehead atoms. The number of para-hydroxylation sites is 1. The van der Waals surface area contributed by atoms with Crippen molar-refractivity contribution in [1.82, 2.24) is 25.4 Å². The fourth-order valence-electron chi connectivity index (χ4n) is 9.64. The molecule has 2 unspecified atom stereocenters. The first-order valence-electron chi connectivity index (χ1n) is 23.0. The van der Waals surface area contributed by atoms with Gasteiger partial charge in [0.25, 0.3) is 0 Å². The number of likely N-dealkylation sites (N-methyl/N-ethyl adjacent to an activating group) is 1. The van der Waals surface area contributed by atoms with Gasteiger partial charge in [-0.1, -0.05) is 86.9 Å². The van der Waals surface area contributed by atoms with E-state index in [-0.39, 0.29) is 72.0 Å². The number of methoxy groups -OCH3 is 1. The molecule has 62 heavy (non-hydrogen) atoms. The molecule has 4 amide bonds. The van der Waals surface area contributed by atoms with Crippen LogP contribution in [0, 0.1) is 41.4 Å². The molecular weight excluding hydrogens is 789 g/mol. The topological polar surface area (TPSA) is 204 Å². The Morgan fingerprint density at radius 1 is 0.952 bits per heavy atom. The second-order valence-electron chi connectivity index (χ2n) is 18.8. The van der Waals surface area contributed by atoms with Crippen LogP contribution in [0.5, 0.6) is 0 Å². The zero-order chi connectivity index (χ0) is 46.4. The number of rotatable bonds is 27. The van der Waals surface area contributed by atoms with Gasteiger partial charge in [0.2, 0.25) is 23.6 Å². The second kappa shape index (κ2) is 24.5. The first-order valence-corrected chi connectivity index (χ1v) is 23.0. The zero-order valence-electron chi connectivity index (χ0n) is 39.4. The summed E-state index contributed by atoms with van der Waals surface area (Å²) in [7, 11) is 3.37. The van der Waals surface area contributed by atoms with Gasteiger partial charge in [-0.05, 0) is 86.9 Å². The van der Waals surface area contributed by atoms with Crippen molar-refractivity contribution in [3.8, 4) is 0 Å². The van der Waals surface area contributed by atoms with Crippen molar-refractivity contribution in [3.63, 3.8) is 0 Å². The number of aromatic amines is 1. The summed E-state index contributed by atoms with van der Waals surface area (Å²) < 4.78 is 5.96. The van der Waals surface area contributed by atoms with Gasteiger partial charge in [0.15, 0.2) is 5.78 Å². The first kappa shape index (κ1) is 52.0. The molecule has 1 aromatic heterocycles. The fraction of sp³-hybridized carbons (Fsp3) is 0.708. The van der Waals surface area contributed by atoms with Crippen LogP contribution in [0.4, 0.5) is 0 Å². The number of carboxylic acids is 1. The molecule has 3 rings (SSSR count). The Morgan fingerprint density at radius 2 is 1.63 bits per heavy atom. The van der Waals surface area contributed by atoms with Crippen molar-refractivity contribution in [2.24, 2.45) is 47.2 Å². The lowest BCUT2D eigenvalue weighted by molar-refractivity contribution is -0.141. The average Bonchev–Trinajstić information content (AvgIpc) is 3.87. The van der Waals surface area contributed by atoms with Crippen LogP contribution in [0.1, 0.15) is 119 Å². The molecule has 0 radical (unpaired) electrons. The average molecular weight is 867 g/mol. The lowest BCUT2D eigenvalue weighted by atomic mass is 9.75. The minimum absolute atomic E-state index is 0.0108. The van der Waals surface area contributed by atoms with Crippen LogP contribution in [-0.4, -0.2) is 113 Å². The third-order valence-corrected chi connectivity index (χ3v) is 13.5. The van der Waals surface area contributed by atoms with E-state index in [0.29, 0.717) is 44.7 Å². The number of aromatic nitrogens is 1. The maximum atomic E-state index is 14.2. The number of nitrogens with two attached hydrogens (primary N) is 1. The number of primary amides is 1. The van der Waals surface area contributed by atoms with Crippen LogP contribution in [0.25, 0.3) is 10.9 Å². The number of carbonyl (C=O) groups is 6. The van der Waals surface area contributed by atoms with Crippen LogP contribution in [0.3, 0.4) is 0 Å². The molecule has 2 heterocycles. The second-order valence-corrected chi connectivity index (χ2v) is 18.8. The number of carboxylic acid groups (broad SMARTS) is 1. The normalized spacial score (nSPS) is 18.8. The van der Waals surface area contributed by atoms with Gasteiger partial charge in [-0.3, -0.25) is 33.7 Å². The highest BCUT2D eigenvalue weighted by molar-refractivity contribution is 5.92. The van der Waals surface area contributed by atoms with E-state index >= 15 is 0 Å². The van der Waals surface area contributed by atoms with E-state index in [0.717, 1.165) is 35.7 Å². The number of H-pyrrole nitrogens is 1. The third kappa shape index (κ3) is 14.1. The Kier molecular flexibility index (Phi) is 20.6. The number of likely N-dealkylation sites (tertiary alicyclic amines) is 1. The fourth-order valence-corrected chi connectivity index (χ4v) is 9.64. The summed E-state index contributed by atoms with van der Waals surface area (Å²) in [4.78, 5) is 86.2. The highest BCUT2D eigenvalue weighted by atomic mass is 16.5. The molecule has 1 aliphatic heterocycles. The van der Waals surface area contributed by atoms with Gasteiger partial charge < -0.3 is 36.1 Å². The number of nitrogens with one attached hydrogen (secondary N) is 3. The van der Waals surface area contributed by atoms with Crippen LogP contribution in [-0.2, 0) is 39.9 Å². The number of aliphatic carboxylic acids is 1. The minimum atomic E-state index is -0.929. The molecular formula is C48H78N6O8. The van der Waals surface area contributed by atoms with Gasteiger partial charge in [-0.25, -0.2) is 0 Å². The van der Waals surface area contributed by atoms with Gasteiger partial charge in [-0.15, -0.1) is 0 Å². The van der Waals surface area contributed by atoms with E-state index < -0.39 is 42.0 Å². The van der Waals surface area contributed by atoms with Crippen molar-refractivity contribution in [2.75, 3.05) is 27.2 Å². The number of fused-ring (bicyclic) bond motifs is 1. The Bertz CT molecular complexity index is 1790. The Labute approximate surface area is 370 Å². The summed E-state index contributed by atoms with van der Waals surface area (Å²) in [5.41, 5.74) is 7.59. The van der Waals surface area contributed by atoms with E-state index in [1.807, 2.05) is 81.9 Å². The van der Waals surface area contributed by atoms with Crippen LogP contribution in [0.2, 0.25) is 0 Å². The van der Waals surface area contributed by atoms with Crippen molar-refractivity contribution in [3.05, 3.63) is 36.0 Å². The van der Waals surface area contributed by atoms with Crippen LogP contribution < -0.4 is 16.4 Å². The zero-order valence-corrected chi connectivity index (χ0v) is 39.4. The number of amides is 4. The summed E-state index contributed by atoms with van der Waals surface area (Å²) in [6, 6.07) is 5.32. The number of benzene rings is 1. The third-order valence-electron chi connectivity index (χ3n) is 13.5. The molecule has 1 aromatic carbocycles. The molecule has 6 N–H and O–H groups in total. The molecule has 348 valence electrons. The number of nitrogens with zero attached hydrogens (tertiary/aromatic N) is 2. The highest BCUT2D eigenvalue weighted by Gasteiger charge is 2.41. The summed E-state index contributed by atoms with van der Waals surface area (Å²) in [6.07, 6.45) is 5.98. The molecule has 1 fully saturated rings. The van der Waals surface area contributed by atoms with Gasteiger partial charge in [0, 0.05) is 55.9 Å². The SMILES string of the molecule is CC[C@H](C)[C@H](CCC(C)C(=O)[C@@H](NC(=O)C(C(C)C)N(C)CCCC(=O)O)C(C)C)[C@H](C)CC(=O)N1CCC[C@H]1[C@H](OC)[C@@H](C)C(=O)N[C@@H](Cc1c[nH]c2ccccc12)C(N)=O. The van der Waals surface area contributed by atoms with Crippen molar-refractivity contribution in [2.45, 2.75) is 150 Å². The van der Waals surface area contributed by atoms with Crippen LogP contribution in [0.15, 0.2) is 30.5 Å². The molecule has 0 spiro atoms. The molecule has 0 aliphatic carbocycles. The van der Waals surface area contributed by atoms with E-state index in [4.69, 9.17) is 15.6 Å². The molecule has 2 aromatic rings. The van der Waals surface area contributed by atoms with Crippen LogP contribution >= 0.6 is 0 Å². The Hall–Kier alpha value is -4.30. The van der Waals surface area contributed by atoms with Gasteiger partial charge >= 0.3 is 5.97 Å². The minimum Gasteiger partial charge on any atom is -0.481 e. The predicted molar refractivity (Wildman–Crippen MR) is 243 cm³/mol. The van der Waals surface area contributed by atoms with E-state index in [2.05, 4.69) is 36.4 Å². The molecule has 14 nitrogen and oxygen atoms in total. The lowest BCUT2D eigenvalue weighted by Gasteiger charge is -2.36. The quantitative estimate of drug-likeness (QED) is 0.0718. The summed E-state index contributed by atoms with van der Waals surface area (Å²) in [5.74, 6) is -2.79. The number of hydrogen-bond acceptors (Lipinski definition) is 8. The molecule has 10 atom stereocenters. The monoisotopic (exact) mass is 867 g/mol. The largest absolute Gasteiger partial charge is 0.481 e. The van der Waals surface area contributed by atoms with Gasteiger partial charge in [0.05, 0.1) is 30.1 Å².